The lowest BCUT2D eigenvalue weighted by molar-refractivity contribution is -0.118. The van der Waals surface area contributed by atoms with Gasteiger partial charge in [0.1, 0.15) is 5.71 Å². The van der Waals surface area contributed by atoms with E-state index in [1.807, 2.05) is 49.4 Å². The van der Waals surface area contributed by atoms with Crippen LogP contribution in [0.5, 0.6) is 0 Å². The number of nitrogens with zero attached hydrogens (tertiary/aromatic N) is 3. The highest BCUT2D eigenvalue weighted by molar-refractivity contribution is 6.45. The standard InChI is InChI=1S/C21H21N3O2/c1-14-6-5-7-16(12-14)24-20(25)11-10-18(22-24)21(26)23-13-15(2)17-8-3-4-9-19(17)23/h3-9,12,15H,10-11,13H2,1-2H3/t15-/m1/s1. The molecule has 4 rings (SSSR count). The number of fused-ring (bicyclic) bond motifs is 1. The summed E-state index contributed by atoms with van der Waals surface area (Å²) in [6.45, 7) is 4.74. The Labute approximate surface area is 152 Å². The fourth-order valence-electron chi connectivity index (χ4n) is 3.64. The highest BCUT2D eigenvalue weighted by Crippen LogP contribution is 2.36. The van der Waals surface area contributed by atoms with Gasteiger partial charge in [-0.3, -0.25) is 9.59 Å². The summed E-state index contributed by atoms with van der Waals surface area (Å²) in [4.78, 5) is 27.3. The molecule has 5 nitrogen and oxygen atoms in total. The Kier molecular flexibility index (Phi) is 4.07. The van der Waals surface area contributed by atoms with E-state index in [1.54, 1.807) is 4.90 Å². The van der Waals surface area contributed by atoms with Gasteiger partial charge in [-0.15, -0.1) is 0 Å². The molecule has 0 aliphatic carbocycles. The van der Waals surface area contributed by atoms with Gasteiger partial charge in [0.05, 0.1) is 5.69 Å². The van der Waals surface area contributed by atoms with E-state index in [9.17, 15) is 9.59 Å². The van der Waals surface area contributed by atoms with Crippen molar-refractivity contribution in [2.75, 3.05) is 16.5 Å². The van der Waals surface area contributed by atoms with Crippen LogP contribution in [0.2, 0.25) is 0 Å². The van der Waals surface area contributed by atoms with Gasteiger partial charge in [0, 0.05) is 31.0 Å². The molecule has 0 unspecified atom stereocenters. The SMILES string of the molecule is Cc1cccc(N2N=C(C(=O)N3C[C@@H](C)c4ccccc43)CCC2=O)c1. The lowest BCUT2D eigenvalue weighted by Crippen LogP contribution is -2.41. The second kappa shape index (κ2) is 6.41. The number of hydrazone groups is 1. The number of hydrogen-bond acceptors (Lipinski definition) is 3. The van der Waals surface area contributed by atoms with Gasteiger partial charge in [0.15, 0.2) is 0 Å². The second-order valence-corrected chi connectivity index (χ2v) is 6.97. The topological polar surface area (TPSA) is 53.0 Å². The van der Waals surface area contributed by atoms with Crippen molar-refractivity contribution in [3.8, 4) is 0 Å². The number of carbonyl (C=O) groups excluding carboxylic acids is 2. The first-order valence-corrected chi connectivity index (χ1v) is 8.92. The van der Waals surface area contributed by atoms with Crippen LogP contribution in [0.3, 0.4) is 0 Å². The average Bonchev–Trinajstić information content (AvgIpc) is 2.99. The molecule has 2 amide bonds. The van der Waals surface area contributed by atoms with E-state index in [4.69, 9.17) is 0 Å². The first-order chi connectivity index (χ1) is 12.5. The lowest BCUT2D eigenvalue weighted by atomic mass is 10.0. The number of hydrogen-bond donors (Lipinski definition) is 0. The van der Waals surface area contributed by atoms with E-state index in [2.05, 4.69) is 18.1 Å². The third kappa shape index (κ3) is 2.79. The summed E-state index contributed by atoms with van der Waals surface area (Å²) in [5.41, 5.74) is 4.33. The van der Waals surface area contributed by atoms with Crippen LogP contribution in [-0.2, 0) is 9.59 Å². The summed E-state index contributed by atoms with van der Waals surface area (Å²) in [6, 6.07) is 15.6. The summed E-state index contributed by atoms with van der Waals surface area (Å²) in [7, 11) is 0. The third-order valence-corrected chi connectivity index (χ3v) is 4.99. The number of benzene rings is 2. The molecule has 26 heavy (non-hydrogen) atoms. The van der Waals surface area contributed by atoms with Crippen LogP contribution in [0.15, 0.2) is 53.6 Å². The fraction of sp³-hybridized carbons (Fsp3) is 0.286. The molecule has 0 N–H and O–H groups in total. The van der Waals surface area contributed by atoms with Crippen molar-refractivity contribution in [1.29, 1.82) is 0 Å². The normalized spacial score (nSPS) is 19.4. The van der Waals surface area contributed by atoms with Gasteiger partial charge in [0.2, 0.25) is 5.91 Å². The molecule has 0 aromatic heterocycles. The van der Waals surface area contributed by atoms with E-state index >= 15 is 0 Å². The van der Waals surface area contributed by atoms with Crippen molar-refractivity contribution < 1.29 is 9.59 Å². The minimum Gasteiger partial charge on any atom is -0.306 e. The maximum Gasteiger partial charge on any atom is 0.274 e. The molecule has 2 aromatic carbocycles. The number of anilines is 2. The molecule has 0 spiro atoms. The number of aryl methyl sites for hydroxylation is 1. The second-order valence-electron chi connectivity index (χ2n) is 6.97. The predicted molar refractivity (Wildman–Crippen MR) is 103 cm³/mol. The molecule has 0 saturated heterocycles. The molecular weight excluding hydrogens is 326 g/mol. The zero-order valence-electron chi connectivity index (χ0n) is 15.0. The third-order valence-electron chi connectivity index (χ3n) is 4.99. The molecule has 2 aromatic rings. The van der Waals surface area contributed by atoms with Gasteiger partial charge >= 0.3 is 0 Å². The van der Waals surface area contributed by atoms with Crippen molar-refractivity contribution in [1.82, 2.24) is 0 Å². The number of para-hydroxylation sites is 1. The van der Waals surface area contributed by atoms with Crippen LogP contribution in [0.1, 0.15) is 36.8 Å². The van der Waals surface area contributed by atoms with E-state index in [1.165, 1.54) is 10.6 Å². The van der Waals surface area contributed by atoms with Crippen molar-refractivity contribution in [3.63, 3.8) is 0 Å². The van der Waals surface area contributed by atoms with E-state index in [0.717, 1.165) is 11.3 Å². The summed E-state index contributed by atoms with van der Waals surface area (Å²) in [5.74, 6) is 0.114. The van der Waals surface area contributed by atoms with Crippen LogP contribution in [0.25, 0.3) is 0 Å². The minimum absolute atomic E-state index is 0.0812. The first kappa shape index (κ1) is 16.5. The van der Waals surface area contributed by atoms with Crippen LogP contribution >= 0.6 is 0 Å². The maximum absolute atomic E-state index is 13.1. The Morgan fingerprint density at radius 2 is 1.92 bits per heavy atom. The van der Waals surface area contributed by atoms with Crippen LogP contribution in [-0.4, -0.2) is 24.1 Å². The highest BCUT2D eigenvalue weighted by atomic mass is 16.2. The quantitative estimate of drug-likeness (QED) is 0.833. The van der Waals surface area contributed by atoms with Gasteiger partial charge < -0.3 is 4.90 Å². The van der Waals surface area contributed by atoms with Gasteiger partial charge in [-0.1, -0.05) is 37.3 Å². The Hall–Kier alpha value is -2.95. The minimum atomic E-state index is -0.105. The smallest absolute Gasteiger partial charge is 0.274 e. The van der Waals surface area contributed by atoms with E-state index in [0.29, 0.717) is 36.7 Å². The molecule has 5 heteroatoms. The molecular formula is C21H21N3O2. The molecule has 0 radical (unpaired) electrons. The monoisotopic (exact) mass is 347 g/mol. The van der Waals surface area contributed by atoms with Crippen LogP contribution in [0, 0.1) is 6.92 Å². The summed E-state index contributed by atoms with van der Waals surface area (Å²) in [6.07, 6.45) is 0.677. The Bertz CT molecular complexity index is 919. The zero-order chi connectivity index (χ0) is 18.3. The van der Waals surface area contributed by atoms with Crippen molar-refractivity contribution >= 4 is 28.9 Å². The Morgan fingerprint density at radius 1 is 1.12 bits per heavy atom. The summed E-state index contributed by atoms with van der Waals surface area (Å²) >= 11 is 0. The molecule has 0 saturated carbocycles. The van der Waals surface area contributed by atoms with E-state index < -0.39 is 0 Å². The Balaban J connectivity index is 1.66. The van der Waals surface area contributed by atoms with Crippen molar-refractivity contribution in [3.05, 3.63) is 59.7 Å². The summed E-state index contributed by atoms with van der Waals surface area (Å²) in [5, 5.41) is 5.80. The average molecular weight is 347 g/mol. The largest absolute Gasteiger partial charge is 0.306 e. The highest BCUT2D eigenvalue weighted by Gasteiger charge is 2.34. The summed E-state index contributed by atoms with van der Waals surface area (Å²) < 4.78 is 0. The molecule has 1 atom stereocenters. The van der Waals surface area contributed by atoms with Crippen LogP contribution < -0.4 is 9.91 Å². The number of carbonyl (C=O) groups is 2. The lowest BCUT2D eigenvalue weighted by Gasteiger charge is -2.26. The molecule has 0 bridgehead atoms. The maximum atomic E-state index is 13.1. The van der Waals surface area contributed by atoms with Gasteiger partial charge in [-0.05, 0) is 36.2 Å². The molecule has 132 valence electrons. The van der Waals surface area contributed by atoms with Crippen molar-refractivity contribution in [2.45, 2.75) is 32.6 Å². The fourth-order valence-corrected chi connectivity index (χ4v) is 3.64. The van der Waals surface area contributed by atoms with Crippen molar-refractivity contribution in [2.24, 2.45) is 5.10 Å². The molecule has 2 aliphatic heterocycles. The molecule has 0 fully saturated rings. The number of rotatable bonds is 2. The predicted octanol–water partition coefficient (Wildman–Crippen LogP) is 3.63. The van der Waals surface area contributed by atoms with E-state index in [-0.39, 0.29) is 11.8 Å². The Morgan fingerprint density at radius 3 is 2.73 bits per heavy atom. The van der Waals surface area contributed by atoms with Gasteiger partial charge in [-0.25, -0.2) is 5.01 Å². The first-order valence-electron chi connectivity index (χ1n) is 8.92. The van der Waals surface area contributed by atoms with Gasteiger partial charge in [-0.2, -0.15) is 5.10 Å². The van der Waals surface area contributed by atoms with Gasteiger partial charge in [0.25, 0.3) is 5.91 Å². The van der Waals surface area contributed by atoms with Crippen LogP contribution in [0.4, 0.5) is 11.4 Å². The molecule has 2 aliphatic rings. The zero-order valence-corrected chi connectivity index (χ0v) is 15.0. The molecule has 2 heterocycles. The number of amides is 2.